The monoisotopic (exact) mass is 272 g/mol. The van der Waals surface area contributed by atoms with Crippen LogP contribution >= 0.6 is 0 Å². The van der Waals surface area contributed by atoms with Crippen molar-refractivity contribution in [2.24, 2.45) is 5.92 Å². The number of amides is 2. The topological polar surface area (TPSA) is 88.1 Å². The summed E-state index contributed by atoms with van der Waals surface area (Å²) in [6.45, 7) is 1.68. The molecule has 0 aromatic rings. The number of ether oxygens (including phenoxy) is 2. The molecule has 2 rings (SSSR count). The minimum atomic E-state index is -0.928. The molecule has 2 saturated heterocycles. The third-order valence-corrected chi connectivity index (χ3v) is 3.67. The summed E-state index contributed by atoms with van der Waals surface area (Å²) in [7, 11) is 1.61. The molecule has 19 heavy (non-hydrogen) atoms. The average molecular weight is 272 g/mol. The molecule has 2 aliphatic heterocycles. The molecule has 3 atom stereocenters. The minimum Gasteiger partial charge on any atom is -0.481 e. The molecule has 0 spiro atoms. The van der Waals surface area contributed by atoms with Crippen LogP contribution < -0.4 is 5.32 Å². The second-order valence-corrected chi connectivity index (χ2v) is 5.02. The molecule has 2 amide bonds. The number of hydrogen-bond donors (Lipinski definition) is 2. The van der Waals surface area contributed by atoms with Gasteiger partial charge in [0.1, 0.15) is 5.92 Å². The zero-order valence-electron chi connectivity index (χ0n) is 11.0. The second kappa shape index (κ2) is 6.21. The highest BCUT2D eigenvalue weighted by molar-refractivity contribution is 5.77. The Labute approximate surface area is 111 Å². The number of carbonyl (C=O) groups is 2. The molecule has 108 valence electrons. The third kappa shape index (κ3) is 3.36. The first-order chi connectivity index (χ1) is 9.09. The molecule has 3 unspecified atom stereocenters. The van der Waals surface area contributed by atoms with Gasteiger partial charge in [-0.15, -0.1) is 0 Å². The lowest BCUT2D eigenvalue weighted by Crippen LogP contribution is -2.52. The number of urea groups is 1. The largest absolute Gasteiger partial charge is 0.481 e. The normalized spacial score (nSPS) is 30.9. The smallest absolute Gasteiger partial charge is 0.317 e. The number of likely N-dealkylation sites (N-methyl/N-ethyl adjacent to an activating group) is 1. The van der Waals surface area contributed by atoms with Gasteiger partial charge < -0.3 is 24.8 Å². The van der Waals surface area contributed by atoms with Crippen LogP contribution in [0.3, 0.4) is 0 Å². The van der Waals surface area contributed by atoms with Crippen LogP contribution in [0.15, 0.2) is 0 Å². The number of carboxylic acids is 1. The molecule has 2 heterocycles. The van der Waals surface area contributed by atoms with Gasteiger partial charge in [0.25, 0.3) is 0 Å². The molecule has 0 aliphatic carbocycles. The quantitative estimate of drug-likeness (QED) is 0.749. The Morgan fingerprint density at radius 2 is 2.05 bits per heavy atom. The fourth-order valence-corrected chi connectivity index (χ4v) is 2.44. The van der Waals surface area contributed by atoms with E-state index in [0.29, 0.717) is 6.61 Å². The highest BCUT2D eigenvalue weighted by Crippen LogP contribution is 2.19. The van der Waals surface area contributed by atoms with Gasteiger partial charge in [-0.25, -0.2) is 4.79 Å². The predicted molar refractivity (Wildman–Crippen MR) is 65.9 cm³/mol. The second-order valence-electron chi connectivity index (χ2n) is 5.02. The lowest BCUT2D eigenvalue weighted by atomic mass is 10.0. The van der Waals surface area contributed by atoms with Crippen molar-refractivity contribution < 1.29 is 24.2 Å². The van der Waals surface area contributed by atoms with E-state index in [1.54, 1.807) is 7.05 Å². The fourth-order valence-electron chi connectivity index (χ4n) is 2.44. The summed E-state index contributed by atoms with van der Waals surface area (Å²) >= 11 is 0. The Hall–Kier alpha value is -1.34. The molecule has 2 fully saturated rings. The van der Waals surface area contributed by atoms with E-state index in [4.69, 9.17) is 14.6 Å². The van der Waals surface area contributed by atoms with Crippen molar-refractivity contribution in [2.75, 3.05) is 33.5 Å². The van der Waals surface area contributed by atoms with E-state index in [-0.39, 0.29) is 25.3 Å². The summed E-state index contributed by atoms with van der Waals surface area (Å²) in [6, 6.07) is -0.673. The lowest BCUT2D eigenvalue weighted by molar-refractivity contribution is -0.142. The number of aliphatic carboxylic acids is 1. The summed E-state index contributed by atoms with van der Waals surface area (Å²) in [5.74, 6) is -1.58. The first kappa shape index (κ1) is 14.1. The van der Waals surface area contributed by atoms with Crippen LogP contribution in [-0.4, -0.2) is 67.6 Å². The Bertz CT molecular complexity index is 343. The van der Waals surface area contributed by atoms with Gasteiger partial charge in [0, 0.05) is 13.7 Å². The predicted octanol–water partition coefficient (Wildman–Crippen LogP) is -0.0936. The molecule has 7 nitrogen and oxygen atoms in total. The SMILES string of the molecule is CN(C(=O)NC1CCCOC1)C1COCC1C(=O)O. The van der Waals surface area contributed by atoms with Crippen LogP contribution in [0.1, 0.15) is 12.8 Å². The van der Waals surface area contributed by atoms with Gasteiger partial charge in [0.15, 0.2) is 0 Å². The highest BCUT2D eigenvalue weighted by Gasteiger charge is 2.38. The van der Waals surface area contributed by atoms with Gasteiger partial charge in [-0.1, -0.05) is 0 Å². The van der Waals surface area contributed by atoms with E-state index in [1.807, 2.05) is 0 Å². The maximum Gasteiger partial charge on any atom is 0.317 e. The maximum absolute atomic E-state index is 12.1. The first-order valence-electron chi connectivity index (χ1n) is 6.51. The Morgan fingerprint density at radius 1 is 1.26 bits per heavy atom. The molecular formula is C12H20N2O5. The summed E-state index contributed by atoms with van der Waals surface area (Å²) in [4.78, 5) is 24.6. The summed E-state index contributed by atoms with van der Waals surface area (Å²) in [6.07, 6.45) is 1.82. The van der Waals surface area contributed by atoms with Crippen molar-refractivity contribution in [1.29, 1.82) is 0 Å². The number of nitrogens with one attached hydrogen (secondary N) is 1. The number of carboxylic acid groups (broad SMARTS) is 1. The first-order valence-corrected chi connectivity index (χ1v) is 6.51. The van der Waals surface area contributed by atoms with E-state index < -0.39 is 17.9 Å². The van der Waals surface area contributed by atoms with Gasteiger partial charge in [-0.05, 0) is 12.8 Å². The number of carbonyl (C=O) groups excluding carboxylic acids is 1. The van der Waals surface area contributed by atoms with Crippen molar-refractivity contribution in [3.8, 4) is 0 Å². The highest BCUT2D eigenvalue weighted by atomic mass is 16.5. The molecule has 7 heteroatoms. The van der Waals surface area contributed by atoms with Gasteiger partial charge in [0.2, 0.25) is 0 Å². The van der Waals surface area contributed by atoms with E-state index in [2.05, 4.69) is 5.32 Å². The molecule has 0 radical (unpaired) electrons. The van der Waals surface area contributed by atoms with Gasteiger partial charge >= 0.3 is 12.0 Å². The van der Waals surface area contributed by atoms with Crippen molar-refractivity contribution >= 4 is 12.0 Å². The Kier molecular flexibility index (Phi) is 4.60. The Morgan fingerprint density at radius 3 is 2.68 bits per heavy atom. The van der Waals surface area contributed by atoms with Crippen LogP contribution in [0.2, 0.25) is 0 Å². The third-order valence-electron chi connectivity index (χ3n) is 3.67. The summed E-state index contributed by atoms with van der Waals surface area (Å²) in [5, 5.41) is 11.9. The molecule has 0 aromatic carbocycles. The molecule has 0 bridgehead atoms. The minimum absolute atomic E-state index is 0.00861. The Balaban J connectivity index is 1.88. The van der Waals surface area contributed by atoms with E-state index in [0.717, 1.165) is 19.4 Å². The van der Waals surface area contributed by atoms with E-state index >= 15 is 0 Å². The number of nitrogens with zero attached hydrogens (tertiary/aromatic N) is 1. The van der Waals surface area contributed by atoms with Gasteiger partial charge in [-0.3, -0.25) is 4.79 Å². The molecule has 2 N–H and O–H groups in total. The molecule has 0 aromatic heterocycles. The van der Waals surface area contributed by atoms with Crippen LogP contribution in [0.4, 0.5) is 4.79 Å². The van der Waals surface area contributed by atoms with Gasteiger partial charge in [0.05, 0.1) is 31.9 Å². The fraction of sp³-hybridized carbons (Fsp3) is 0.833. The standard InChI is InChI=1S/C12H20N2O5/c1-14(10-7-19-6-9(10)11(15)16)12(17)13-8-3-2-4-18-5-8/h8-10H,2-7H2,1H3,(H,13,17)(H,15,16). The van der Waals surface area contributed by atoms with Gasteiger partial charge in [-0.2, -0.15) is 0 Å². The molecule has 0 saturated carbocycles. The van der Waals surface area contributed by atoms with Crippen molar-refractivity contribution in [2.45, 2.75) is 24.9 Å². The van der Waals surface area contributed by atoms with Crippen LogP contribution in [0.25, 0.3) is 0 Å². The van der Waals surface area contributed by atoms with Crippen LogP contribution in [0, 0.1) is 5.92 Å². The maximum atomic E-state index is 12.1. The van der Waals surface area contributed by atoms with Crippen molar-refractivity contribution in [3.05, 3.63) is 0 Å². The van der Waals surface area contributed by atoms with Crippen LogP contribution in [-0.2, 0) is 14.3 Å². The van der Waals surface area contributed by atoms with Crippen LogP contribution in [0.5, 0.6) is 0 Å². The average Bonchev–Trinajstić information content (AvgIpc) is 2.88. The molecular weight excluding hydrogens is 252 g/mol. The summed E-state index contributed by atoms with van der Waals surface area (Å²) in [5.41, 5.74) is 0. The van der Waals surface area contributed by atoms with Crippen molar-refractivity contribution in [3.63, 3.8) is 0 Å². The van der Waals surface area contributed by atoms with Crippen molar-refractivity contribution in [1.82, 2.24) is 10.2 Å². The molecule has 2 aliphatic rings. The number of hydrogen-bond acceptors (Lipinski definition) is 4. The number of rotatable bonds is 3. The zero-order valence-corrected chi connectivity index (χ0v) is 11.0. The lowest BCUT2D eigenvalue weighted by Gasteiger charge is -2.30. The van der Waals surface area contributed by atoms with E-state index in [1.165, 1.54) is 4.90 Å². The zero-order chi connectivity index (χ0) is 13.8. The summed E-state index contributed by atoms with van der Waals surface area (Å²) < 4.78 is 10.5. The van der Waals surface area contributed by atoms with E-state index in [9.17, 15) is 9.59 Å².